The zero-order chi connectivity index (χ0) is 25.3. The van der Waals surface area contributed by atoms with E-state index in [9.17, 15) is 28.4 Å². The normalized spacial score (nSPS) is 13.4. The van der Waals surface area contributed by atoms with Gasteiger partial charge >= 0.3 is 6.18 Å². The summed E-state index contributed by atoms with van der Waals surface area (Å²) in [5.74, 6) is 1.60. The van der Waals surface area contributed by atoms with Gasteiger partial charge in [-0.3, -0.25) is 15.1 Å². The van der Waals surface area contributed by atoms with Gasteiger partial charge in [0.05, 0.1) is 18.2 Å². The Morgan fingerprint density at radius 1 is 1.35 bits per heavy atom. The number of aryl methyl sites for hydroxylation is 1. The highest BCUT2D eigenvalue weighted by atomic mass is 32.2. The molecule has 188 valence electrons. The quantitative estimate of drug-likeness (QED) is 0.143. The summed E-state index contributed by atoms with van der Waals surface area (Å²) in [6, 6.07) is 6.52. The molecule has 0 aliphatic rings. The van der Waals surface area contributed by atoms with E-state index in [0.717, 1.165) is 24.4 Å². The first-order valence-electron chi connectivity index (χ1n) is 10.5. The molecule has 1 unspecified atom stereocenters. The van der Waals surface area contributed by atoms with E-state index in [0.29, 0.717) is 12.3 Å². The molecule has 0 aliphatic heterocycles. The number of aliphatic hydroxyl groups excluding tert-OH is 1. The predicted molar refractivity (Wildman–Crippen MR) is 131 cm³/mol. The summed E-state index contributed by atoms with van der Waals surface area (Å²) in [7, 11) is 4.06. The van der Waals surface area contributed by atoms with Crippen molar-refractivity contribution in [1.82, 2.24) is 10.2 Å². The number of rotatable bonds is 12. The Hall–Kier alpha value is -2.15. The topological polar surface area (TPSA) is 91.0 Å². The molecule has 1 aromatic carbocycles. The average Bonchev–Trinajstić information content (AvgIpc) is 3.08. The van der Waals surface area contributed by atoms with Crippen LogP contribution in [-0.2, 0) is 18.5 Å². The fraction of sp³-hybridized carbons (Fsp3) is 0.500. The van der Waals surface area contributed by atoms with E-state index in [1.165, 1.54) is 27.5 Å². The van der Waals surface area contributed by atoms with Gasteiger partial charge in [0.25, 0.3) is 6.54 Å². The fourth-order valence-electron chi connectivity index (χ4n) is 3.05. The van der Waals surface area contributed by atoms with Crippen LogP contribution >= 0.6 is 23.1 Å². The Morgan fingerprint density at radius 2 is 2.09 bits per heavy atom. The monoisotopic (exact) mass is 518 g/mol. The number of amidine groups is 1. The molecule has 0 saturated heterocycles. The van der Waals surface area contributed by atoms with Crippen LogP contribution in [0.3, 0.4) is 0 Å². The lowest BCUT2D eigenvalue weighted by atomic mass is 10.1. The van der Waals surface area contributed by atoms with E-state index in [4.69, 9.17) is 0 Å². The second-order valence-electron chi connectivity index (χ2n) is 7.95. The van der Waals surface area contributed by atoms with Gasteiger partial charge in [-0.15, -0.1) is 11.3 Å². The summed E-state index contributed by atoms with van der Waals surface area (Å²) in [4.78, 5) is 19.2. The third-order valence-corrected chi connectivity index (χ3v) is 7.10. The minimum atomic E-state index is -4.52. The predicted octanol–water partition coefficient (Wildman–Crippen LogP) is 4.37. The molecule has 0 fully saturated rings. The molecular formula is C22H29F3N4O3S2. The van der Waals surface area contributed by atoms with Gasteiger partial charge in [0.15, 0.2) is 5.84 Å². The molecule has 1 heterocycles. The molecule has 1 atom stereocenters. The molecule has 1 aromatic heterocycles. The van der Waals surface area contributed by atoms with E-state index >= 15 is 0 Å². The summed E-state index contributed by atoms with van der Waals surface area (Å²) in [5, 5.41) is 24.1. The van der Waals surface area contributed by atoms with Crippen LogP contribution in [0.25, 0.3) is 0 Å². The number of hydrogen-bond donors (Lipinski definition) is 2. The number of aliphatic hydroxyl groups is 1. The third kappa shape index (κ3) is 9.61. The van der Waals surface area contributed by atoms with Gasteiger partial charge in [0, 0.05) is 39.3 Å². The van der Waals surface area contributed by atoms with E-state index in [-0.39, 0.29) is 17.9 Å². The fourth-order valence-corrected chi connectivity index (χ4v) is 5.31. The molecule has 0 bridgehead atoms. The van der Waals surface area contributed by atoms with Gasteiger partial charge in [0.1, 0.15) is 0 Å². The van der Waals surface area contributed by atoms with E-state index in [1.54, 1.807) is 23.1 Å². The van der Waals surface area contributed by atoms with Crippen molar-refractivity contribution in [2.45, 2.75) is 31.5 Å². The van der Waals surface area contributed by atoms with E-state index < -0.39 is 29.3 Å². The molecule has 0 saturated carbocycles. The first kappa shape index (κ1) is 28.1. The first-order chi connectivity index (χ1) is 16.0. The van der Waals surface area contributed by atoms with Crippen LogP contribution in [-0.4, -0.2) is 60.2 Å². The number of nitro groups is 1. The van der Waals surface area contributed by atoms with Crippen molar-refractivity contribution in [2.75, 3.05) is 39.5 Å². The minimum absolute atomic E-state index is 0.0504. The minimum Gasteiger partial charge on any atom is -0.386 e. The molecule has 7 nitrogen and oxygen atoms in total. The molecule has 12 heteroatoms. The molecule has 2 rings (SSSR count). The molecule has 0 aliphatic carbocycles. The molecule has 2 aromatic rings. The van der Waals surface area contributed by atoms with Crippen molar-refractivity contribution in [3.63, 3.8) is 0 Å². The van der Waals surface area contributed by atoms with Crippen LogP contribution in [0.5, 0.6) is 0 Å². The Bertz CT molecular complexity index is 981. The van der Waals surface area contributed by atoms with Crippen molar-refractivity contribution < 1.29 is 23.2 Å². The Morgan fingerprint density at radius 3 is 2.74 bits per heavy atom. The van der Waals surface area contributed by atoms with Crippen molar-refractivity contribution >= 4 is 28.9 Å². The maximum Gasteiger partial charge on any atom is 0.416 e. The lowest BCUT2D eigenvalue weighted by molar-refractivity contribution is -0.463. The van der Waals surface area contributed by atoms with Crippen LogP contribution in [0.1, 0.15) is 32.5 Å². The van der Waals surface area contributed by atoms with Crippen LogP contribution in [0.2, 0.25) is 0 Å². The second-order valence-corrected chi connectivity index (χ2v) is 10.3. The lowest BCUT2D eigenvalue weighted by Crippen LogP contribution is -2.32. The van der Waals surface area contributed by atoms with Crippen LogP contribution in [0.4, 0.5) is 13.2 Å². The third-order valence-electron chi connectivity index (χ3n) is 4.68. The van der Waals surface area contributed by atoms with E-state index in [1.807, 2.05) is 14.1 Å². The highest BCUT2D eigenvalue weighted by molar-refractivity contribution is 7.98. The highest BCUT2D eigenvalue weighted by Crippen LogP contribution is 2.31. The maximum atomic E-state index is 12.9. The molecule has 34 heavy (non-hydrogen) atoms. The van der Waals surface area contributed by atoms with Crippen LogP contribution < -0.4 is 5.32 Å². The zero-order valence-corrected chi connectivity index (χ0v) is 20.9. The van der Waals surface area contributed by atoms with Gasteiger partial charge < -0.3 is 15.3 Å². The van der Waals surface area contributed by atoms with Crippen LogP contribution in [0.15, 0.2) is 35.3 Å². The number of thioether (sulfide) groups is 1. The molecule has 2 N–H and O–H groups in total. The Balaban J connectivity index is 1.87. The molecule has 0 amide bonds. The Labute approximate surface area is 205 Å². The largest absolute Gasteiger partial charge is 0.416 e. The number of nitrogens with zero attached hydrogens (tertiary/aromatic N) is 3. The maximum absolute atomic E-state index is 12.9. The smallest absolute Gasteiger partial charge is 0.386 e. The SMILES string of the molecule is Cc1cc(CSCCNC(C[N+](=O)[O-])=NCC(O)c2cccc(C(F)(F)F)c2)sc1CN(C)C. The summed E-state index contributed by atoms with van der Waals surface area (Å²) in [5.41, 5.74) is 0.449. The molecular weight excluding hydrogens is 489 g/mol. The number of aliphatic imine (C=N–C) groups is 1. The van der Waals surface area contributed by atoms with Gasteiger partial charge in [-0.05, 0) is 50.3 Å². The number of nitrogens with one attached hydrogen (secondary N) is 1. The summed E-state index contributed by atoms with van der Waals surface area (Å²) < 4.78 is 38.6. The lowest BCUT2D eigenvalue weighted by Gasteiger charge is -2.13. The van der Waals surface area contributed by atoms with E-state index in [2.05, 4.69) is 28.2 Å². The van der Waals surface area contributed by atoms with Crippen LogP contribution in [0, 0.1) is 17.0 Å². The van der Waals surface area contributed by atoms with Crippen molar-refractivity contribution in [3.8, 4) is 0 Å². The Kier molecular flexibility index (Phi) is 10.8. The summed E-state index contributed by atoms with van der Waals surface area (Å²) in [6.07, 6.45) is -5.83. The molecule has 0 radical (unpaired) electrons. The van der Waals surface area contributed by atoms with Crippen molar-refractivity contribution in [3.05, 3.63) is 66.9 Å². The number of hydrogen-bond acceptors (Lipinski definition) is 7. The van der Waals surface area contributed by atoms with Gasteiger partial charge in [-0.25, -0.2) is 0 Å². The standard InChI is InChI=1S/C22H29F3N4O3S2/c1-15-9-18(34-20(15)12-28(2)3)14-33-8-7-26-21(13-29(31)32)27-11-19(30)16-5-4-6-17(10-16)22(23,24)25/h4-6,9-10,19,30H,7-8,11-14H2,1-3H3,(H,26,27). The van der Waals surface area contributed by atoms with Gasteiger partial charge in [0.2, 0.25) is 0 Å². The highest BCUT2D eigenvalue weighted by Gasteiger charge is 2.30. The van der Waals surface area contributed by atoms with Gasteiger partial charge in [-0.1, -0.05) is 12.1 Å². The second kappa shape index (κ2) is 13.1. The number of alkyl halides is 3. The first-order valence-corrected chi connectivity index (χ1v) is 12.5. The van der Waals surface area contributed by atoms with Crippen molar-refractivity contribution in [1.29, 1.82) is 0 Å². The molecule has 0 spiro atoms. The summed E-state index contributed by atoms with van der Waals surface area (Å²) >= 11 is 3.46. The number of benzene rings is 1. The number of halogens is 3. The zero-order valence-electron chi connectivity index (χ0n) is 19.3. The summed E-state index contributed by atoms with van der Waals surface area (Å²) in [6.45, 7) is 2.59. The van der Waals surface area contributed by atoms with Crippen molar-refractivity contribution in [2.24, 2.45) is 4.99 Å². The van der Waals surface area contributed by atoms with Gasteiger partial charge in [-0.2, -0.15) is 24.9 Å². The number of thiophene rings is 1. The average molecular weight is 519 g/mol.